The topological polar surface area (TPSA) is 47.0 Å². The van der Waals surface area contributed by atoms with Crippen molar-refractivity contribution in [3.05, 3.63) is 59.4 Å². The van der Waals surface area contributed by atoms with Crippen LogP contribution < -0.4 is 10.3 Å². The number of anilines is 1. The molecular formula is C12H10ClN2O+. The van der Waals surface area contributed by atoms with Gasteiger partial charge in [-0.05, 0) is 24.3 Å². The van der Waals surface area contributed by atoms with Gasteiger partial charge >= 0.3 is 5.91 Å². The molecule has 0 bridgehead atoms. The Morgan fingerprint density at radius 1 is 1.06 bits per heavy atom. The Bertz CT molecular complexity index is 458. The molecule has 3 nitrogen and oxygen atoms in total. The number of pyridine rings is 1. The second-order valence-corrected chi connectivity index (χ2v) is 3.79. The third-order valence-electron chi connectivity index (χ3n) is 2.18. The van der Waals surface area contributed by atoms with E-state index in [4.69, 9.17) is 17.3 Å². The number of nitrogens with two attached hydrogens (primary N) is 1. The summed E-state index contributed by atoms with van der Waals surface area (Å²) in [5, 5.41) is 0.610. The van der Waals surface area contributed by atoms with Gasteiger partial charge in [-0.25, -0.2) is 4.79 Å². The Labute approximate surface area is 98.1 Å². The standard InChI is InChI=1S/C12H9ClN2O/c13-10-3-1-9(2-4-10)12(16)15-7-5-11(14)6-8-15/h1-8,14H/p+1. The lowest BCUT2D eigenvalue weighted by molar-refractivity contribution is -0.570. The fourth-order valence-corrected chi connectivity index (χ4v) is 1.44. The number of nitrogens with zero attached hydrogens (tertiary/aromatic N) is 1. The molecule has 1 heterocycles. The van der Waals surface area contributed by atoms with E-state index in [1.807, 2.05) is 0 Å². The van der Waals surface area contributed by atoms with Crippen molar-refractivity contribution in [1.82, 2.24) is 0 Å². The molecule has 2 rings (SSSR count). The van der Waals surface area contributed by atoms with Gasteiger partial charge in [-0.1, -0.05) is 11.6 Å². The van der Waals surface area contributed by atoms with Gasteiger partial charge in [0.15, 0.2) is 12.4 Å². The average Bonchev–Trinajstić information content (AvgIpc) is 2.30. The summed E-state index contributed by atoms with van der Waals surface area (Å²) >= 11 is 5.75. The second-order valence-electron chi connectivity index (χ2n) is 3.35. The maximum Gasteiger partial charge on any atom is 0.424 e. The van der Waals surface area contributed by atoms with Crippen molar-refractivity contribution in [2.75, 3.05) is 5.73 Å². The van der Waals surface area contributed by atoms with E-state index in [-0.39, 0.29) is 5.91 Å². The summed E-state index contributed by atoms with van der Waals surface area (Å²) < 4.78 is 1.47. The van der Waals surface area contributed by atoms with Crippen molar-refractivity contribution in [3.63, 3.8) is 0 Å². The van der Waals surface area contributed by atoms with Gasteiger partial charge < -0.3 is 5.73 Å². The number of carbonyl (C=O) groups is 1. The van der Waals surface area contributed by atoms with E-state index in [1.54, 1.807) is 48.8 Å². The summed E-state index contributed by atoms with van der Waals surface area (Å²) in [4.78, 5) is 11.9. The second kappa shape index (κ2) is 4.33. The fraction of sp³-hybridized carbons (Fsp3) is 0. The van der Waals surface area contributed by atoms with E-state index in [1.165, 1.54) is 4.57 Å². The summed E-state index contributed by atoms with van der Waals surface area (Å²) in [5.41, 5.74) is 6.75. The lowest BCUT2D eigenvalue weighted by atomic mass is 10.2. The van der Waals surface area contributed by atoms with Crippen LogP contribution in [0.15, 0.2) is 48.8 Å². The highest BCUT2D eigenvalue weighted by atomic mass is 35.5. The van der Waals surface area contributed by atoms with E-state index in [2.05, 4.69) is 0 Å². The van der Waals surface area contributed by atoms with Gasteiger partial charge in [0.2, 0.25) is 0 Å². The van der Waals surface area contributed by atoms with Crippen molar-refractivity contribution >= 4 is 23.2 Å². The third-order valence-corrected chi connectivity index (χ3v) is 2.43. The highest BCUT2D eigenvalue weighted by molar-refractivity contribution is 6.30. The summed E-state index contributed by atoms with van der Waals surface area (Å²) in [5.74, 6) is -0.114. The van der Waals surface area contributed by atoms with Gasteiger partial charge in [-0.15, -0.1) is 4.57 Å². The van der Waals surface area contributed by atoms with Crippen LogP contribution in [0.2, 0.25) is 5.02 Å². The number of aromatic nitrogens is 1. The van der Waals surface area contributed by atoms with Crippen LogP contribution in [0, 0.1) is 0 Å². The quantitative estimate of drug-likeness (QED) is 0.765. The smallest absolute Gasteiger partial charge is 0.398 e. The monoisotopic (exact) mass is 233 g/mol. The Morgan fingerprint density at radius 2 is 1.62 bits per heavy atom. The van der Waals surface area contributed by atoms with Gasteiger partial charge in [0.25, 0.3) is 0 Å². The highest BCUT2D eigenvalue weighted by Gasteiger charge is 2.16. The molecule has 4 heteroatoms. The largest absolute Gasteiger partial charge is 0.424 e. The molecule has 0 unspecified atom stereocenters. The number of nitrogen functional groups attached to an aromatic ring is 1. The van der Waals surface area contributed by atoms with Gasteiger partial charge in [-0.2, -0.15) is 0 Å². The first-order valence-corrected chi connectivity index (χ1v) is 5.12. The Balaban J connectivity index is 2.32. The highest BCUT2D eigenvalue weighted by Crippen LogP contribution is 2.09. The van der Waals surface area contributed by atoms with Crippen molar-refractivity contribution in [3.8, 4) is 0 Å². The maximum absolute atomic E-state index is 11.9. The van der Waals surface area contributed by atoms with E-state index < -0.39 is 0 Å². The minimum Gasteiger partial charge on any atom is -0.398 e. The zero-order valence-electron chi connectivity index (χ0n) is 8.43. The molecule has 0 saturated carbocycles. The molecular weight excluding hydrogens is 224 g/mol. The predicted molar refractivity (Wildman–Crippen MR) is 62.2 cm³/mol. The van der Waals surface area contributed by atoms with Gasteiger partial charge in [0, 0.05) is 22.8 Å². The Morgan fingerprint density at radius 3 is 2.19 bits per heavy atom. The lowest BCUT2D eigenvalue weighted by Gasteiger charge is -1.96. The number of benzene rings is 1. The van der Waals surface area contributed by atoms with Crippen molar-refractivity contribution in [1.29, 1.82) is 0 Å². The van der Waals surface area contributed by atoms with Crippen LogP contribution in [-0.2, 0) is 0 Å². The van der Waals surface area contributed by atoms with Crippen LogP contribution in [0.25, 0.3) is 0 Å². The lowest BCUT2D eigenvalue weighted by Crippen LogP contribution is -2.41. The normalized spacial score (nSPS) is 10.1. The third kappa shape index (κ3) is 2.20. The summed E-state index contributed by atoms with van der Waals surface area (Å²) in [6.07, 6.45) is 3.26. The van der Waals surface area contributed by atoms with Crippen molar-refractivity contribution in [2.45, 2.75) is 0 Å². The Hall–Kier alpha value is -1.87. The summed E-state index contributed by atoms with van der Waals surface area (Å²) in [6, 6.07) is 10.1. The molecule has 1 aromatic carbocycles. The molecule has 0 spiro atoms. The van der Waals surface area contributed by atoms with E-state index in [9.17, 15) is 4.79 Å². The molecule has 80 valence electrons. The van der Waals surface area contributed by atoms with Crippen LogP contribution >= 0.6 is 11.6 Å². The van der Waals surface area contributed by atoms with Crippen LogP contribution in [-0.4, -0.2) is 5.91 Å². The summed E-state index contributed by atoms with van der Waals surface area (Å²) in [6.45, 7) is 0. The molecule has 0 atom stereocenters. The average molecular weight is 234 g/mol. The fourth-order valence-electron chi connectivity index (χ4n) is 1.31. The first-order chi connectivity index (χ1) is 7.66. The molecule has 0 saturated heterocycles. The molecule has 0 aliphatic carbocycles. The molecule has 0 aliphatic heterocycles. The molecule has 16 heavy (non-hydrogen) atoms. The molecule has 1 aromatic heterocycles. The SMILES string of the molecule is Nc1cc[n+](C(=O)c2ccc(Cl)cc2)cc1. The number of rotatable bonds is 1. The molecule has 0 aliphatic rings. The van der Waals surface area contributed by atoms with E-state index in [0.717, 1.165) is 0 Å². The molecule has 2 aromatic rings. The van der Waals surface area contributed by atoms with Gasteiger partial charge in [-0.3, -0.25) is 0 Å². The number of hydrogen-bond donors (Lipinski definition) is 1. The van der Waals surface area contributed by atoms with Crippen LogP contribution in [0.3, 0.4) is 0 Å². The zero-order chi connectivity index (χ0) is 11.5. The summed E-state index contributed by atoms with van der Waals surface area (Å²) in [7, 11) is 0. The maximum atomic E-state index is 11.9. The minimum absolute atomic E-state index is 0.114. The van der Waals surface area contributed by atoms with Crippen LogP contribution in [0.4, 0.5) is 5.69 Å². The van der Waals surface area contributed by atoms with Crippen molar-refractivity contribution in [2.24, 2.45) is 0 Å². The molecule has 0 amide bonds. The zero-order valence-corrected chi connectivity index (χ0v) is 9.19. The van der Waals surface area contributed by atoms with E-state index >= 15 is 0 Å². The van der Waals surface area contributed by atoms with Crippen molar-refractivity contribution < 1.29 is 9.36 Å². The molecule has 0 radical (unpaired) electrons. The first kappa shape index (κ1) is 10.6. The van der Waals surface area contributed by atoms with E-state index in [0.29, 0.717) is 16.3 Å². The van der Waals surface area contributed by atoms with Gasteiger partial charge in [0.05, 0.1) is 5.56 Å². The first-order valence-electron chi connectivity index (χ1n) is 4.74. The van der Waals surface area contributed by atoms with Crippen LogP contribution in [0.1, 0.15) is 10.4 Å². The predicted octanol–water partition coefficient (Wildman–Crippen LogP) is 1.90. The molecule has 0 fully saturated rings. The van der Waals surface area contributed by atoms with Gasteiger partial charge in [0.1, 0.15) is 0 Å². The number of hydrogen-bond acceptors (Lipinski definition) is 2. The number of halogens is 1. The number of carbonyl (C=O) groups excluding carboxylic acids is 1. The minimum atomic E-state index is -0.114. The Kier molecular flexibility index (Phi) is 2.88. The van der Waals surface area contributed by atoms with Crippen LogP contribution in [0.5, 0.6) is 0 Å². The molecule has 2 N–H and O–H groups in total.